The van der Waals surface area contributed by atoms with Crippen molar-refractivity contribution in [2.75, 3.05) is 0 Å². The normalized spacial score (nSPS) is 16.9. The summed E-state index contributed by atoms with van der Waals surface area (Å²) in [5.41, 5.74) is 0. The van der Waals surface area contributed by atoms with Gasteiger partial charge in [0, 0.05) is 0 Å². The molecule has 0 atom stereocenters. The first kappa shape index (κ1) is 34.8. The molecule has 0 saturated carbocycles. The average molecular weight is 622 g/mol. The van der Waals surface area contributed by atoms with Gasteiger partial charge in [-0.15, -0.1) is 0 Å². The highest BCUT2D eigenvalue weighted by atomic mass is 32.2. The van der Waals surface area contributed by atoms with Gasteiger partial charge in [0.05, 0.1) is 0 Å². The number of hydrogen-bond donors (Lipinski definition) is 0. The Morgan fingerprint density at radius 3 is 0.889 bits per heavy atom. The molecule has 0 N–H and O–H groups in total. The molecule has 0 aromatic carbocycles. The van der Waals surface area contributed by atoms with Crippen LogP contribution in [0.25, 0.3) is 0 Å². The lowest BCUT2D eigenvalue weighted by molar-refractivity contribution is -0.466. The van der Waals surface area contributed by atoms with Gasteiger partial charge in [-0.3, -0.25) is 0 Å². The lowest BCUT2D eigenvalue weighted by Crippen LogP contribution is -2.76. The van der Waals surface area contributed by atoms with E-state index in [-0.39, 0.29) is 0 Å². The van der Waals surface area contributed by atoms with Gasteiger partial charge in [0.25, 0.3) is 0 Å². The van der Waals surface area contributed by atoms with Gasteiger partial charge < -0.3 is 3.87 Å². The summed E-state index contributed by atoms with van der Waals surface area (Å²) in [5.74, 6) is -61.8. The van der Waals surface area contributed by atoms with Crippen LogP contribution in [0.3, 0.4) is 0 Å². The molecule has 0 saturated heterocycles. The fourth-order valence-corrected chi connectivity index (χ4v) is 5.38. The van der Waals surface area contributed by atoms with E-state index in [1.807, 2.05) is 0 Å². The first-order valence-electron chi connectivity index (χ1n) is 8.00. The molecule has 0 aromatic heterocycles. The fourth-order valence-electron chi connectivity index (χ4n) is 1.89. The molecule has 36 heavy (non-hydrogen) atoms. The van der Waals surface area contributed by atoms with Crippen LogP contribution in [0.2, 0.25) is 19.6 Å². The van der Waals surface area contributed by atoms with Gasteiger partial charge in [0.15, 0.2) is 0 Å². The predicted octanol–water partition coefficient (Wildman–Crippen LogP) is 6.77. The van der Waals surface area contributed by atoms with Crippen molar-refractivity contribution >= 4 is 18.4 Å². The summed E-state index contributed by atoms with van der Waals surface area (Å²) >= 11 is 0. The fraction of sp³-hybridized carbons (Fsp3) is 1.00. The van der Waals surface area contributed by atoms with E-state index in [1.165, 1.54) is 0 Å². The standard InChI is InChI=1S/C12H9F19O3SSi/c1-36(2,3)34-35(32,33)12(30,31)10(25,26)8(21,22)6(17,18)4(13,14)5(15,16)7(19,20)9(23,24)11(27,28)29/h1-3H3. The van der Waals surface area contributed by atoms with Crippen molar-refractivity contribution in [3.8, 4) is 0 Å². The molecule has 0 aliphatic rings. The van der Waals surface area contributed by atoms with Crippen LogP contribution >= 0.6 is 0 Å². The van der Waals surface area contributed by atoms with Crippen LogP contribution in [-0.4, -0.2) is 69.6 Å². The van der Waals surface area contributed by atoms with Gasteiger partial charge >= 0.3 is 63.0 Å². The van der Waals surface area contributed by atoms with Crippen LogP contribution in [0, 0.1) is 0 Å². The highest BCUT2D eigenvalue weighted by molar-refractivity contribution is 7.88. The van der Waals surface area contributed by atoms with E-state index >= 15 is 0 Å². The highest BCUT2D eigenvalue weighted by Crippen LogP contribution is 2.65. The summed E-state index contributed by atoms with van der Waals surface area (Å²) in [4.78, 5) is 0. The molecular formula is C12H9F19O3SSi. The Bertz CT molecular complexity index is 930. The zero-order valence-corrected chi connectivity index (χ0v) is 18.6. The monoisotopic (exact) mass is 622 g/mol. The van der Waals surface area contributed by atoms with Gasteiger partial charge in [-0.25, -0.2) is 0 Å². The Morgan fingerprint density at radius 1 is 0.444 bits per heavy atom. The predicted molar refractivity (Wildman–Crippen MR) is 79.0 cm³/mol. The van der Waals surface area contributed by atoms with Crippen molar-refractivity contribution in [1.82, 2.24) is 0 Å². The van der Waals surface area contributed by atoms with E-state index in [4.69, 9.17) is 0 Å². The molecule has 218 valence electrons. The summed E-state index contributed by atoms with van der Waals surface area (Å²) in [5, 5.41) is -7.74. The van der Waals surface area contributed by atoms with Crippen LogP contribution in [-0.2, 0) is 14.0 Å². The SMILES string of the molecule is C[Si](C)(C)OS(=O)(=O)C(F)(F)C(F)(F)C(F)(F)C(F)(F)C(F)(F)C(F)(F)C(F)(F)C(F)(F)C(F)(F)F. The van der Waals surface area contributed by atoms with E-state index in [0.29, 0.717) is 19.6 Å². The lowest BCUT2D eigenvalue weighted by atomic mass is 9.89. The van der Waals surface area contributed by atoms with Gasteiger partial charge in [0.2, 0.25) is 8.32 Å². The number of alkyl halides is 19. The van der Waals surface area contributed by atoms with E-state index in [9.17, 15) is 91.8 Å². The van der Waals surface area contributed by atoms with Crippen LogP contribution in [0.4, 0.5) is 83.4 Å². The number of rotatable bonds is 10. The second kappa shape index (κ2) is 8.40. The molecule has 0 bridgehead atoms. The maximum absolute atomic E-state index is 13.7. The number of halogens is 19. The third-order valence-electron chi connectivity index (χ3n) is 3.76. The topological polar surface area (TPSA) is 43.4 Å². The summed E-state index contributed by atoms with van der Waals surface area (Å²) < 4.78 is 276. The Morgan fingerprint density at radius 2 is 0.667 bits per heavy atom. The summed E-state index contributed by atoms with van der Waals surface area (Å²) in [7, 11) is -11.7. The minimum absolute atomic E-state index is 0.559. The zero-order chi connectivity index (χ0) is 30.2. The second-order valence-electron chi connectivity index (χ2n) is 7.69. The van der Waals surface area contributed by atoms with Crippen LogP contribution in [0.1, 0.15) is 0 Å². The smallest absolute Gasteiger partial charge is 0.311 e. The third-order valence-corrected chi connectivity index (χ3v) is 7.52. The van der Waals surface area contributed by atoms with Crippen molar-refractivity contribution in [2.24, 2.45) is 0 Å². The molecule has 0 aliphatic carbocycles. The van der Waals surface area contributed by atoms with Crippen molar-refractivity contribution in [3.05, 3.63) is 0 Å². The maximum atomic E-state index is 13.7. The molecule has 0 aliphatic heterocycles. The Hall–Kier alpha value is -1.20. The molecule has 0 amide bonds. The molecule has 0 heterocycles. The third kappa shape index (κ3) is 4.50. The van der Waals surface area contributed by atoms with E-state index in [0.717, 1.165) is 0 Å². The quantitative estimate of drug-likeness (QED) is 0.200. The van der Waals surface area contributed by atoms with Crippen molar-refractivity contribution in [1.29, 1.82) is 0 Å². The van der Waals surface area contributed by atoms with E-state index in [2.05, 4.69) is 3.87 Å². The summed E-state index contributed by atoms with van der Waals surface area (Å²) in [6.45, 7) is 1.68. The first-order chi connectivity index (χ1) is 15.0. The molecule has 0 fully saturated rings. The molecule has 0 rings (SSSR count). The average Bonchev–Trinajstić information content (AvgIpc) is 2.57. The number of hydrogen-bond acceptors (Lipinski definition) is 3. The minimum atomic E-state index is -9.12. The zero-order valence-electron chi connectivity index (χ0n) is 16.8. The molecule has 0 aromatic rings. The van der Waals surface area contributed by atoms with E-state index in [1.54, 1.807) is 0 Å². The Labute approximate surface area is 187 Å². The lowest BCUT2D eigenvalue weighted by Gasteiger charge is -2.43. The summed E-state index contributed by atoms with van der Waals surface area (Å²) in [6.07, 6.45) is -7.98. The van der Waals surface area contributed by atoms with Crippen LogP contribution < -0.4 is 0 Å². The first-order valence-corrected chi connectivity index (χ1v) is 12.8. The minimum Gasteiger partial charge on any atom is -0.311 e. The molecule has 0 unspecified atom stereocenters. The van der Waals surface area contributed by atoms with Gasteiger partial charge in [-0.1, -0.05) is 0 Å². The van der Waals surface area contributed by atoms with Gasteiger partial charge in [-0.2, -0.15) is 91.8 Å². The van der Waals surface area contributed by atoms with E-state index < -0.39 is 71.3 Å². The second-order valence-corrected chi connectivity index (χ2v) is 14.0. The van der Waals surface area contributed by atoms with Crippen molar-refractivity contribution in [2.45, 2.75) is 72.5 Å². The van der Waals surface area contributed by atoms with Crippen LogP contribution in [0.15, 0.2) is 0 Å². The van der Waals surface area contributed by atoms with Crippen molar-refractivity contribution < 1.29 is 95.7 Å². The highest BCUT2D eigenvalue weighted by Gasteiger charge is 2.97. The largest absolute Gasteiger partial charge is 0.460 e. The molecule has 24 heteroatoms. The summed E-state index contributed by atoms with van der Waals surface area (Å²) in [6, 6.07) is 0. The maximum Gasteiger partial charge on any atom is 0.460 e. The van der Waals surface area contributed by atoms with Crippen LogP contribution in [0.5, 0.6) is 0 Å². The van der Waals surface area contributed by atoms with Crippen molar-refractivity contribution in [3.63, 3.8) is 0 Å². The molecule has 0 spiro atoms. The molecule has 0 radical (unpaired) electrons. The molecular weight excluding hydrogens is 613 g/mol. The Kier molecular flexibility index (Phi) is 8.12. The Balaban J connectivity index is 7.12. The molecule has 3 nitrogen and oxygen atoms in total. The van der Waals surface area contributed by atoms with Gasteiger partial charge in [0.1, 0.15) is 0 Å². The van der Waals surface area contributed by atoms with Gasteiger partial charge in [-0.05, 0) is 19.6 Å².